The largest absolute Gasteiger partial charge is 0.339 e. The summed E-state index contributed by atoms with van der Waals surface area (Å²) in [5.74, 6) is -0.0913. The zero-order chi connectivity index (χ0) is 18.7. The number of nitrogens with one attached hydrogen (secondary N) is 1. The molecule has 6 heteroatoms. The first-order chi connectivity index (χ1) is 12.4. The molecule has 1 heterocycles. The van der Waals surface area contributed by atoms with Crippen LogP contribution in [0.2, 0.25) is 5.02 Å². The lowest BCUT2D eigenvalue weighted by atomic mass is 9.95. The predicted molar refractivity (Wildman–Crippen MR) is 108 cm³/mol. The van der Waals surface area contributed by atoms with Crippen molar-refractivity contribution in [1.29, 1.82) is 0 Å². The molecule has 2 aromatic rings. The van der Waals surface area contributed by atoms with Gasteiger partial charge in [-0.05, 0) is 61.7 Å². The molecule has 3 rings (SSSR count). The number of piperidine rings is 1. The lowest BCUT2D eigenvalue weighted by molar-refractivity contribution is -0.121. The number of halogens is 2. The molecule has 1 aliphatic rings. The highest BCUT2D eigenvalue weighted by Crippen LogP contribution is 2.24. The number of carbonyl (C=O) groups is 2. The van der Waals surface area contributed by atoms with E-state index in [0.29, 0.717) is 42.2 Å². The van der Waals surface area contributed by atoms with Crippen LogP contribution < -0.4 is 5.32 Å². The van der Waals surface area contributed by atoms with Gasteiger partial charge in [0.15, 0.2) is 0 Å². The number of rotatable bonds is 3. The van der Waals surface area contributed by atoms with Gasteiger partial charge < -0.3 is 10.2 Å². The van der Waals surface area contributed by atoms with Crippen LogP contribution in [0.1, 0.15) is 28.8 Å². The average molecular weight is 436 g/mol. The Morgan fingerprint density at radius 3 is 2.38 bits per heavy atom. The average Bonchev–Trinajstić information content (AvgIpc) is 2.65. The van der Waals surface area contributed by atoms with E-state index in [2.05, 4.69) is 21.2 Å². The van der Waals surface area contributed by atoms with E-state index in [1.54, 1.807) is 6.07 Å². The zero-order valence-corrected chi connectivity index (χ0v) is 16.8. The minimum absolute atomic E-state index is 0.0133. The summed E-state index contributed by atoms with van der Waals surface area (Å²) in [5.41, 5.74) is 2.36. The maximum atomic E-state index is 12.5. The summed E-state index contributed by atoms with van der Waals surface area (Å²) in [6, 6.07) is 12.8. The number of hydrogen-bond donors (Lipinski definition) is 1. The van der Waals surface area contributed by atoms with E-state index in [0.717, 1.165) is 10.0 Å². The van der Waals surface area contributed by atoms with Crippen LogP contribution in [0.3, 0.4) is 0 Å². The van der Waals surface area contributed by atoms with Crippen molar-refractivity contribution < 1.29 is 9.59 Å². The van der Waals surface area contributed by atoms with E-state index in [1.807, 2.05) is 48.2 Å². The molecule has 0 atom stereocenters. The normalized spacial score (nSPS) is 15.0. The molecule has 1 saturated heterocycles. The first-order valence-corrected chi connectivity index (χ1v) is 9.73. The van der Waals surface area contributed by atoms with Crippen molar-refractivity contribution in [2.45, 2.75) is 19.8 Å². The SMILES string of the molecule is Cc1ccc(NC(=O)C2CCN(C(=O)c3ccc(Br)cc3)CC2)cc1Cl. The van der Waals surface area contributed by atoms with Crippen molar-refractivity contribution in [3.05, 3.63) is 63.1 Å². The summed E-state index contributed by atoms with van der Waals surface area (Å²) in [7, 11) is 0. The number of carbonyl (C=O) groups excluding carboxylic acids is 2. The van der Waals surface area contributed by atoms with E-state index in [-0.39, 0.29) is 17.7 Å². The Bertz CT molecular complexity index is 815. The number of nitrogens with zero attached hydrogens (tertiary/aromatic N) is 1. The van der Waals surface area contributed by atoms with Crippen LogP contribution in [0.4, 0.5) is 5.69 Å². The predicted octanol–water partition coefficient (Wildman–Crippen LogP) is 4.90. The molecule has 1 N–H and O–H groups in total. The second-order valence-corrected chi connectivity index (χ2v) is 7.85. The van der Waals surface area contributed by atoms with E-state index in [1.165, 1.54) is 0 Å². The van der Waals surface area contributed by atoms with Gasteiger partial charge in [-0.3, -0.25) is 9.59 Å². The highest BCUT2D eigenvalue weighted by Gasteiger charge is 2.27. The lowest BCUT2D eigenvalue weighted by Gasteiger charge is -2.31. The van der Waals surface area contributed by atoms with Crippen molar-refractivity contribution in [2.24, 2.45) is 5.92 Å². The van der Waals surface area contributed by atoms with E-state index < -0.39 is 0 Å². The smallest absolute Gasteiger partial charge is 0.253 e. The van der Waals surface area contributed by atoms with Gasteiger partial charge in [0.2, 0.25) is 5.91 Å². The summed E-state index contributed by atoms with van der Waals surface area (Å²) in [5, 5.41) is 3.57. The van der Waals surface area contributed by atoms with Gasteiger partial charge in [-0.2, -0.15) is 0 Å². The molecule has 136 valence electrons. The van der Waals surface area contributed by atoms with Gasteiger partial charge in [-0.25, -0.2) is 0 Å². The number of aryl methyl sites for hydroxylation is 1. The first-order valence-electron chi connectivity index (χ1n) is 8.56. The molecular formula is C20H20BrClN2O2. The highest BCUT2D eigenvalue weighted by molar-refractivity contribution is 9.10. The third-order valence-electron chi connectivity index (χ3n) is 4.68. The van der Waals surface area contributed by atoms with Crippen LogP contribution in [0.15, 0.2) is 46.9 Å². The van der Waals surface area contributed by atoms with Gasteiger partial charge in [0.05, 0.1) is 0 Å². The van der Waals surface area contributed by atoms with Crippen LogP contribution in [-0.2, 0) is 4.79 Å². The van der Waals surface area contributed by atoms with E-state index >= 15 is 0 Å². The molecule has 0 bridgehead atoms. The summed E-state index contributed by atoms with van der Waals surface area (Å²) < 4.78 is 0.945. The quantitative estimate of drug-likeness (QED) is 0.745. The van der Waals surface area contributed by atoms with Crippen LogP contribution in [-0.4, -0.2) is 29.8 Å². The van der Waals surface area contributed by atoms with Crippen molar-refractivity contribution >= 4 is 45.0 Å². The lowest BCUT2D eigenvalue weighted by Crippen LogP contribution is -2.41. The van der Waals surface area contributed by atoms with E-state index in [4.69, 9.17) is 11.6 Å². The minimum atomic E-state index is -0.0935. The van der Waals surface area contributed by atoms with Gasteiger partial charge in [-0.15, -0.1) is 0 Å². The fourth-order valence-corrected chi connectivity index (χ4v) is 3.48. The van der Waals surface area contributed by atoms with Gasteiger partial charge in [0.25, 0.3) is 5.91 Å². The van der Waals surface area contributed by atoms with Crippen molar-refractivity contribution in [1.82, 2.24) is 4.90 Å². The molecule has 26 heavy (non-hydrogen) atoms. The summed E-state index contributed by atoms with van der Waals surface area (Å²) >= 11 is 9.48. The summed E-state index contributed by atoms with van der Waals surface area (Å²) in [4.78, 5) is 26.8. The fraction of sp³-hybridized carbons (Fsp3) is 0.300. The topological polar surface area (TPSA) is 49.4 Å². The number of benzene rings is 2. The third-order valence-corrected chi connectivity index (χ3v) is 5.62. The maximum absolute atomic E-state index is 12.5. The highest BCUT2D eigenvalue weighted by atomic mass is 79.9. The second-order valence-electron chi connectivity index (χ2n) is 6.53. The number of likely N-dealkylation sites (tertiary alicyclic amines) is 1. The van der Waals surface area contributed by atoms with Crippen LogP contribution in [0.25, 0.3) is 0 Å². The van der Waals surface area contributed by atoms with Gasteiger partial charge >= 0.3 is 0 Å². The Morgan fingerprint density at radius 2 is 1.77 bits per heavy atom. The molecule has 0 radical (unpaired) electrons. The van der Waals surface area contributed by atoms with Crippen LogP contribution in [0.5, 0.6) is 0 Å². The fourth-order valence-electron chi connectivity index (χ4n) is 3.03. The van der Waals surface area contributed by atoms with Crippen LogP contribution >= 0.6 is 27.5 Å². The Labute approximate surface area is 166 Å². The zero-order valence-electron chi connectivity index (χ0n) is 14.5. The molecule has 4 nitrogen and oxygen atoms in total. The van der Waals surface area contributed by atoms with Crippen molar-refractivity contribution in [2.75, 3.05) is 18.4 Å². The van der Waals surface area contributed by atoms with Crippen molar-refractivity contribution in [3.8, 4) is 0 Å². The minimum Gasteiger partial charge on any atom is -0.339 e. The molecular weight excluding hydrogens is 416 g/mol. The van der Waals surface area contributed by atoms with Crippen LogP contribution in [0, 0.1) is 12.8 Å². The van der Waals surface area contributed by atoms with Gasteiger partial charge in [0.1, 0.15) is 0 Å². The molecule has 2 aromatic carbocycles. The Balaban J connectivity index is 1.55. The molecule has 0 spiro atoms. The molecule has 1 aliphatic heterocycles. The summed E-state index contributed by atoms with van der Waals surface area (Å²) in [6.45, 7) is 3.09. The number of hydrogen-bond acceptors (Lipinski definition) is 2. The Kier molecular flexibility index (Phi) is 5.99. The molecule has 0 aliphatic carbocycles. The molecule has 2 amide bonds. The Hall–Kier alpha value is -1.85. The van der Waals surface area contributed by atoms with Gasteiger partial charge in [-0.1, -0.05) is 33.6 Å². The monoisotopic (exact) mass is 434 g/mol. The summed E-state index contributed by atoms with van der Waals surface area (Å²) in [6.07, 6.45) is 1.32. The van der Waals surface area contributed by atoms with Gasteiger partial charge in [0, 0.05) is 39.8 Å². The molecule has 0 saturated carbocycles. The van der Waals surface area contributed by atoms with Crippen molar-refractivity contribution in [3.63, 3.8) is 0 Å². The maximum Gasteiger partial charge on any atom is 0.253 e. The first kappa shape index (κ1) is 18.9. The third kappa shape index (κ3) is 4.46. The number of amides is 2. The number of anilines is 1. The van der Waals surface area contributed by atoms with E-state index in [9.17, 15) is 9.59 Å². The molecule has 0 aromatic heterocycles. The molecule has 0 unspecified atom stereocenters. The molecule has 1 fully saturated rings. The second kappa shape index (κ2) is 8.23. The Morgan fingerprint density at radius 1 is 1.12 bits per heavy atom. The standard InChI is InChI=1S/C20H20BrClN2O2/c1-13-2-7-17(12-18(13)22)23-19(25)14-8-10-24(11-9-14)20(26)15-3-5-16(21)6-4-15/h2-7,12,14H,8-11H2,1H3,(H,23,25).